The van der Waals surface area contributed by atoms with Crippen LogP contribution in [-0.2, 0) is 4.79 Å². The largest absolute Gasteiger partial charge is 0.478 e. The summed E-state index contributed by atoms with van der Waals surface area (Å²) in [4.78, 5) is 27.4. The van der Waals surface area contributed by atoms with Gasteiger partial charge >= 0.3 is 5.97 Å². The SMILES string of the molecule is O=C(O)c1cccnc1NC(=O)C1C2C3CCC(C3)C12. The second-order valence-corrected chi connectivity index (χ2v) is 6.21. The Kier molecular flexibility index (Phi) is 2.40. The Balaban J connectivity index is 1.51. The van der Waals surface area contributed by atoms with Crippen molar-refractivity contribution in [1.29, 1.82) is 0 Å². The number of fused-ring (bicyclic) bond motifs is 5. The van der Waals surface area contributed by atoms with Crippen LogP contribution in [0.2, 0.25) is 0 Å². The smallest absolute Gasteiger partial charge is 0.339 e. The van der Waals surface area contributed by atoms with E-state index >= 15 is 0 Å². The average molecular weight is 272 g/mol. The Hall–Kier alpha value is -1.91. The highest BCUT2D eigenvalue weighted by Gasteiger charge is 2.67. The number of hydrogen-bond acceptors (Lipinski definition) is 3. The zero-order valence-electron chi connectivity index (χ0n) is 11.0. The minimum atomic E-state index is -1.07. The van der Waals surface area contributed by atoms with Crippen LogP contribution >= 0.6 is 0 Å². The summed E-state index contributed by atoms with van der Waals surface area (Å²) in [6.45, 7) is 0. The Bertz CT molecular complexity index is 585. The molecule has 5 nitrogen and oxygen atoms in total. The van der Waals surface area contributed by atoms with Crippen molar-refractivity contribution in [2.45, 2.75) is 19.3 Å². The van der Waals surface area contributed by atoms with Crippen LogP contribution in [0.1, 0.15) is 29.6 Å². The molecule has 3 saturated carbocycles. The van der Waals surface area contributed by atoms with Crippen LogP contribution in [-0.4, -0.2) is 22.0 Å². The quantitative estimate of drug-likeness (QED) is 0.882. The molecule has 1 aromatic heterocycles. The number of anilines is 1. The number of pyridine rings is 1. The van der Waals surface area contributed by atoms with E-state index in [1.165, 1.54) is 31.5 Å². The maximum atomic E-state index is 12.3. The van der Waals surface area contributed by atoms with Gasteiger partial charge in [-0.2, -0.15) is 0 Å². The third-order valence-electron chi connectivity index (χ3n) is 5.32. The summed E-state index contributed by atoms with van der Waals surface area (Å²) in [7, 11) is 0. The molecule has 3 fully saturated rings. The zero-order valence-corrected chi connectivity index (χ0v) is 11.0. The van der Waals surface area contributed by atoms with Crippen molar-refractivity contribution < 1.29 is 14.7 Å². The highest BCUT2D eigenvalue weighted by molar-refractivity contribution is 6.01. The first-order valence-electron chi connectivity index (χ1n) is 7.16. The molecule has 0 saturated heterocycles. The molecular formula is C15H16N2O3. The van der Waals surface area contributed by atoms with Crippen molar-refractivity contribution in [3.63, 3.8) is 0 Å². The van der Waals surface area contributed by atoms with Crippen LogP contribution in [0.25, 0.3) is 0 Å². The molecule has 2 bridgehead atoms. The lowest BCUT2D eigenvalue weighted by molar-refractivity contribution is -0.118. The van der Waals surface area contributed by atoms with Gasteiger partial charge in [-0.05, 0) is 55.1 Å². The number of rotatable bonds is 3. The number of hydrogen-bond donors (Lipinski definition) is 2. The Morgan fingerprint density at radius 3 is 2.60 bits per heavy atom. The normalized spacial score (nSPS) is 36.5. The number of nitrogens with zero attached hydrogens (tertiary/aromatic N) is 1. The molecule has 2 N–H and O–H groups in total. The number of aromatic carboxylic acids is 1. The average Bonchev–Trinajstić information content (AvgIpc) is 2.88. The van der Waals surface area contributed by atoms with Gasteiger partial charge in [-0.1, -0.05) is 0 Å². The molecule has 5 heteroatoms. The Morgan fingerprint density at radius 2 is 1.95 bits per heavy atom. The van der Waals surface area contributed by atoms with Gasteiger partial charge in [0.05, 0.1) is 0 Å². The zero-order chi connectivity index (χ0) is 13.9. The molecule has 104 valence electrons. The molecule has 4 atom stereocenters. The number of carbonyl (C=O) groups excluding carboxylic acids is 1. The third kappa shape index (κ3) is 1.58. The van der Waals surface area contributed by atoms with Crippen molar-refractivity contribution in [1.82, 2.24) is 4.98 Å². The summed E-state index contributed by atoms with van der Waals surface area (Å²) in [5.74, 6) is 1.69. The third-order valence-corrected chi connectivity index (χ3v) is 5.32. The summed E-state index contributed by atoms with van der Waals surface area (Å²) in [6, 6.07) is 3.02. The number of amides is 1. The maximum Gasteiger partial charge on any atom is 0.339 e. The van der Waals surface area contributed by atoms with Crippen molar-refractivity contribution in [2.75, 3.05) is 5.32 Å². The fourth-order valence-corrected chi connectivity index (χ4v) is 4.55. The molecule has 0 aliphatic heterocycles. The molecule has 4 unspecified atom stereocenters. The molecule has 1 amide bonds. The van der Waals surface area contributed by atoms with Gasteiger partial charge in [0, 0.05) is 12.1 Å². The number of carboxylic acids is 1. The van der Waals surface area contributed by atoms with Crippen molar-refractivity contribution >= 4 is 17.7 Å². The highest BCUT2D eigenvalue weighted by Crippen LogP contribution is 2.69. The van der Waals surface area contributed by atoms with Gasteiger partial charge in [0.1, 0.15) is 11.4 Å². The second kappa shape index (κ2) is 4.04. The van der Waals surface area contributed by atoms with Crippen LogP contribution in [0.3, 0.4) is 0 Å². The van der Waals surface area contributed by atoms with Gasteiger partial charge in [0.15, 0.2) is 0 Å². The topological polar surface area (TPSA) is 79.3 Å². The van der Waals surface area contributed by atoms with Crippen LogP contribution in [0.5, 0.6) is 0 Å². The van der Waals surface area contributed by atoms with Gasteiger partial charge in [0.25, 0.3) is 0 Å². The van der Waals surface area contributed by atoms with E-state index < -0.39 is 5.97 Å². The molecule has 3 aliphatic carbocycles. The summed E-state index contributed by atoms with van der Waals surface area (Å²) in [6.07, 6.45) is 5.32. The van der Waals surface area contributed by atoms with Crippen LogP contribution < -0.4 is 5.32 Å². The van der Waals surface area contributed by atoms with E-state index in [4.69, 9.17) is 5.11 Å². The minimum absolute atomic E-state index is 0.0437. The van der Waals surface area contributed by atoms with E-state index in [9.17, 15) is 9.59 Å². The van der Waals surface area contributed by atoms with Crippen LogP contribution in [0, 0.1) is 29.6 Å². The number of carboxylic acid groups (broad SMARTS) is 1. The van der Waals surface area contributed by atoms with Crippen molar-refractivity contribution in [3.05, 3.63) is 23.9 Å². The maximum absolute atomic E-state index is 12.3. The van der Waals surface area contributed by atoms with E-state index in [0.717, 1.165) is 11.8 Å². The van der Waals surface area contributed by atoms with Gasteiger partial charge in [-0.15, -0.1) is 0 Å². The number of nitrogens with one attached hydrogen (secondary N) is 1. The minimum Gasteiger partial charge on any atom is -0.478 e. The summed E-state index contributed by atoms with van der Waals surface area (Å²) in [5.41, 5.74) is 0.0506. The first-order valence-corrected chi connectivity index (χ1v) is 7.16. The molecular weight excluding hydrogens is 256 g/mol. The molecule has 1 heterocycles. The first-order chi connectivity index (χ1) is 9.66. The van der Waals surface area contributed by atoms with Gasteiger partial charge in [-0.25, -0.2) is 9.78 Å². The lowest BCUT2D eigenvalue weighted by atomic mass is 10.0. The van der Waals surface area contributed by atoms with Crippen molar-refractivity contribution in [2.24, 2.45) is 29.6 Å². The second-order valence-electron chi connectivity index (χ2n) is 6.21. The van der Waals surface area contributed by atoms with E-state index in [-0.39, 0.29) is 23.2 Å². The predicted molar refractivity (Wildman–Crippen MR) is 71.1 cm³/mol. The predicted octanol–water partition coefficient (Wildman–Crippen LogP) is 2.01. The van der Waals surface area contributed by atoms with E-state index in [2.05, 4.69) is 10.3 Å². The number of aromatic nitrogens is 1. The Labute approximate surface area is 116 Å². The van der Waals surface area contributed by atoms with Crippen LogP contribution in [0.4, 0.5) is 5.82 Å². The van der Waals surface area contributed by atoms with E-state index in [1.54, 1.807) is 6.07 Å². The molecule has 0 radical (unpaired) electrons. The molecule has 20 heavy (non-hydrogen) atoms. The molecule has 4 rings (SSSR count). The Morgan fingerprint density at radius 1 is 1.25 bits per heavy atom. The first kappa shape index (κ1) is 11.9. The van der Waals surface area contributed by atoms with Gasteiger partial charge < -0.3 is 10.4 Å². The molecule has 0 aromatic carbocycles. The summed E-state index contributed by atoms with van der Waals surface area (Å²) >= 11 is 0. The lowest BCUT2D eigenvalue weighted by Gasteiger charge is -2.10. The standard InChI is InChI=1S/C15H16N2O3/c18-14(12-10-7-3-4-8(6-7)11(10)12)17-13-9(15(19)20)2-1-5-16-13/h1-2,5,7-8,10-12H,3-4,6H2,(H,19,20)(H,16,17,18). The van der Waals surface area contributed by atoms with Gasteiger partial charge in [-0.3, -0.25) is 4.79 Å². The summed E-state index contributed by atoms with van der Waals surface area (Å²) in [5, 5.41) is 11.8. The van der Waals surface area contributed by atoms with E-state index in [0.29, 0.717) is 11.8 Å². The monoisotopic (exact) mass is 272 g/mol. The highest BCUT2D eigenvalue weighted by atomic mass is 16.4. The molecule has 3 aliphatic rings. The van der Waals surface area contributed by atoms with E-state index in [1.807, 2.05) is 0 Å². The van der Waals surface area contributed by atoms with Crippen LogP contribution in [0.15, 0.2) is 18.3 Å². The fourth-order valence-electron chi connectivity index (χ4n) is 4.55. The van der Waals surface area contributed by atoms with Crippen molar-refractivity contribution in [3.8, 4) is 0 Å². The number of carbonyl (C=O) groups is 2. The van der Waals surface area contributed by atoms with Gasteiger partial charge in [0.2, 0.25) is 5.91 Å². The lowest BCUT2D eigenvalue weighted by Crippen LogP contribution is -2.21. The molecule has 1 aromatic rings. The molecule has 0 spiro atoms. The summed E-state index contributed by atoms with van der Waals surface area (Å²) < 4.78 is 0. The fraction of sp³-hybridized carbons (Fsp3) is 0.533.